The molecule has 3 N–H and O–H groups in total. The van der Waals surface area contributed by atoms with Crippen LogP contribution in [0.25, 0.3) is 0 Å². The summed E-state index contributed by atoms with van der Waals surface area (Å²) >= 11 is 0. The molecule has 1 amide bonds. The Bertz CT molecular complexity index is 615. The van der Waals surface area contributed by atoms with Crippen molar-refractivity contribution in [1.82, 2.24) is 4.31 Å². The highest BCUT2D eigenvalue weighted by Gasteiger charge is 2.17. The molecule has 0 bridgehead atoms. The normalized spacial score (nSPS) is 12.8. The fraction of sp³-hybridized carbons (Fsp3) is 0.308. The van der Waals surface area contributed by atoms with E-state index in [1.54, 1.807) is 0 Å². The number of hydrogen-bond acceptors (Lipinski definition) is 4. The third kappa shape index (κ3) is 3.81. The van der Waals surface area contributed by atoms with Crippen LogP contribution in [-0.2, 0) is 14.8 Å². The first kappa shape index (κ1) is 16.2. The minimum absolute atomic E-state index is 0.138. The standard InChI is InChI=1S/C13H17N3O3S/c1-4-5-12(14)13(17)15-10-6-8-11(9-7-10)20(18,19)16(2)3/h1,6-9,12H,5,14H2,2-3H3,(H,15,17). The van der Waals surface area contributed by atoms with Gasteiger partial charge in [-0.2, -0.15) is 0 Å². The van der Waals surface area contributed by atoms with Crippen molar-refractivity contribution in [1.29, 1.82) is 0 Å². The number of benzene rings is 1. The summed E-state index contributed by atoms with van der Waals surface area (Å²) in [4.78, 5) is 11.8. The summed E-state index contributed by atoms with van der Waals surface area (Å²) in [5.41, 5.74) is 6.02. The number of nitrogens with zero attached hydrogens (tertiary/aromatic N) is 1. The first-order valence-corrected chi connectivity index (χ1v) is 7.25. The molecule has 0 aliphatic heterocycles. The van der Waals surface area contributed by atoms with Crippen molar-refractivity contribution < 1.29 is 13.2 Å². The monoisotopic (exact) mass is 295 g/mol. The van der Waals surface area contributed by atoms with Gasteiger partial charge in [0.2, 0.25) is 15.9 Å². The summed E-state index contributed by atoms with van der Waals surface area (Å²) in [5.74, 6) is 1.89. The van der Waals surface area contributed by atoms with Gasteiger partial charge in [-0.15, -0.1) is 12.3 Å². The molecule has 0 aliphatic rings. The maximum Gasteiger partial charge on any atom is 0.242 e. The van der Waals surface area contributed by atoms with E-state index >= 15 is 0 Å². The second-order valence-corrected chi connectivity index (χ2v) is 6.47. The van der Waals surface area contributed by atoms with Gasteiger partial charge in [0.15, 0.2) is 0 Å². The van der Waals surface area contributed by atoms with Gasteiger partial charge in [-0.05, 0) is 24.3 Å². The largest absolute Gasteiger partial charge is 0.325 e. The van der Waals surface area contributed by atoms with E-state index in [9.17, 15) is 13.2 Å². The van der Waals surface area contributed by atoms with E-state index in [0.29, 0.717) is 5.69 Å². The molecule has 20 heavy (non-hydrogen) atoms. The quantitative estimate of drug-likeness (QED) is 0.760. The molecule has 0 spiro atoms. The number of anilines is 1. The first-order valence-electron chi connectivity index (χ1n) is 5.81. The zero-order valence-electron chi connectivity index (χ0n) is 11.3. The number of rotatable bonds is 5. The minimum atomic E-state index is -3.48. The highest BCUT2D eigenvalue weighted by molar-refractivity contribution is 7.89. The van der Waals surface area contributed by atoms with Crippen LogP contribution >= 0.6 is 0 Å². The van der Waals surface area contributed by atoms with Gasteiger partial charge in [0, 0.05) is 26.2 Å². The topological polar surface area (TPSA) is 92.5 Å². The number of nitrogens with one attached hydrogen (secondary N) is 1. The first-order chi connectivity index (χ1) is 9.28. The van der Waals surface area contributed by atoms with Crippen molar-refractivity contribution in [2.24, 2.45) is 5.73 Å². The van der Waals surface area contributed by atoms with E-state index in [4.69, 9.17) is 12.2 Å². The summed E-state index contributed by atoms with van der Waals surface area (Å²) < 4.78 is 24.8. The lowest BCUT2D eigenvalue weighted by molar-refractivity contribution is -0.117. The molecule has 0 fully saturated rings. The molecule has 1 aromatic rings. The molecule has 1 rings (SSSR count). The maximum atomic E-state index is 11.9. The highest BCUT2D eigenvalue weighted by Crippen LogP contribution is 2.16. The van der Waals surface area contributed by atoms with Gasteiger partial charge in [0.25, 0.3) is 0 Å². The lowest BCUT2D eigenvalue weighted by Gasteiger charge is -2.13. The van der Waals surface area contributed by atoms with E-state index in [2.05, 4.69) is 11.2 Å². The Morgan fingerprint density at radius 1 is 1.40 bits per heavy atom. The Balaban J connectivity index is 2.84. The average molecular weight is 295 g/mol. The third-order valence-electron chi connectivity index (χ3n) is 2.57. The Kier molecular flexibility index (Phi) is 5.27. The summed E-state index contributed by atoms with van der Waals surface area (Å²) in [6, 6.07) is 5.04. The Hall–Kier alpha value is -1.88. The van der Waals surface area contributed by atoms with Crippen molar-refractivity contribution in [3.8, 4) is 12.3 Å². The van der Waals surface area contributed by atoms with Crippen molar-refractivity contribution in [2.45, 2.75) is 17.4 Å². The van der Waals surface area contributed by atoms with Crippen LogP contribution in [0, 0.1) is 12.3 Å². The van der Waals surface area contributed by atoms with Gasteiger partial charge in [-0.1, -0.05) is 0 Å². The number of hydrogen-bond donors (Lipinski definition) is 2. The van der Waals surface area contributed by atoms with Crippen LogP contribution in [-0.4, -0.2) is 38.8 Å². The molecule has 1 unspecified atom stereocenters. The van der Waals surface area contributed by atoms with Gasteiger partial charge in [-0.25, -0.2) is 12.7 Å². The number of terminal acetylenes is 1. The van der Waals surface area contributed by atoms with Crippen LogP contribution in [0.4, 0.5) is 5.69 Å². The highest BCUT2D eigenvalue weighted by atomic mass is 32.2. The molecule has 108 valence electrons. The SMILES string of the molecule is C#CCC(N)C(=O)Nc1ccc(S(=O)(=O)N(C)C)cc1. The summed E-state index contributed by atoms with van der Waals surface area (Å²) in [6.45, 7) is 0. The van der Waals surface area contributed by atoms with Crippen molar-refractivity contribution in [3.05, 3.63) is 24.3 Å². The van der Waals surface area contributed by atoms with Gasteiger partial charge in [0.1, 0.15) is 0 Å². The molecule has 0 saturated carbocycles. The van der Waals surface area contributed by atoms with Crippen LogP contribution in [0.3, 0.4) is 0 Å². The summed E-state index contributed by atoms with van der Waals surface area (Å²) in [6.07, 6.45) is 5.21. The Labute approximate surface area is 119 Å². The molecule has 0 saturated heterocycles. The lowest BCUT2D eigenvalue weighted by atomic mass is 10.2. The molecular weight excluding hydrogens is 278 g/mol. The number of carbonyl (C=O) groups excluding carboxylic acids is 1. The Morgan fingerprint density at radius 2 is 1.95 bits per heavy atom. The fourth-order valence-electron chi connectivity index (χ4n) is 1.38. The zero-order valence-corrected chi connectivity index (χ0v) is 12.1. The summed E-state index contributed by atoms with van der Waals surface area (Å²) in [5, 5.41) is 2.57. The molecule has 1 aromatic carbocycles. The molecule has 1 atom stereocenters. The van der Waals surface area contributed by atoms with Gasteiger partial charge in [-0.3, -0.25) is 4.79 Å². The molecule has 6 nitrogen and oxygen atoms in total. The second kappa shape index (κ2) is 6.52. The molecule has 0 radical (unpaired) electrons. The predicted octanol–water partition coefficient (Wildman–Crippen LogP) is 0.226. The zero-order chi connectivity index (χ0) is 15.3. The van der Waals surface area contributed by atoms with Crippen LogP contribution in [0.2, 0.25) is 0 Å². The molecule has 0 aliphatic carbocycles. The second-order valence-electron chi connectivity index (χ2n) is 4.32. The smallest absolute Gasteiger partial charge is 0.242 e. The van der Waals surface area contributed by atoms with Gasteiger partial charge < -0.3 is 11.1 Å². The predicted molar refractivity (Wildman–Crippen MR) is 77.4 cm³/mol. The summed E-state index contributed by atoms with van der Waals surface area (Å²) in [7, 11) is -0.581. The fourth-order valence-corrected chi connectivity index (χ4v) is 2.28. The van der Waals surface area contributed by atoms with Crippen molar-refractivity contribution >= 4 is 21.6 Å². The molecule has 0 heterocycles. The van der Waals surface area contributed by atoms with Crippen LogP contribution in [0.15, 0.2) is 29.2 Å². The van der Waals surface area contributed by atoms with E-state index in [-0.39, 0.29) is 11.3 Å². The van der Waals surface area contributed by atoms with Crippen LogP contribution in [0.1, 0.15) is 6.42 Å². The average Bonchev–Trinajstić information content (AvgIpc) is 2.39. The van der Waals surface area contributed by atoms with E-state index in [1.165, 1.54) is 38.4 Å². The van der Waals surface area contributed by atoms with E-state index in [0.717, 1.165) is 4.31 Å². The number of amides is 1. The molecule has 0 aromatic heterocycles. The van der Waals surface area contributed by atoms with Crippen molar-refractivity contribution in [3.63, 3.8) is 0 Å². The number of carbonyl (C=O) groups is 1. The lowest BCUT2D eigenvalue weighted by Crippen LogP contribution is -2.35. The van der Waals surface area contributed by atoms with Gasteiger partial charge in [0.05, 0.1) is 10.9 Å². The van der Waals surface area contributed by atoms with E-state index < -0.39 is 22.0 Å². The van der Waals surface area contributed by atoms with Crippen LogP contribution in [0.5, 0.6) is 0 Å². The molecular formula is C13H17N3O3S. The number of nitrogens with two attached hydrogens (primary N) is 1. The van der Waals surface area contributed by atoms with Crippen molar-refractivity contribution in [2.75, 3.05) is 19.4 Å². The maximum absolute atomic E-state index is 11.9. The van der Waals surface area contributed by atoms with E-state index in [1.807, 2.05) is 0 Å². The molecule has 7 heteroatoms. The third-order valence-corrected chi connectivity index (χ3v) is 4.40. The van der Waals surface area contributed by atoms with Gasteiger partial charge >= 0.3 is 0 Å². The minimum Gasteiger partial charge on any atom is -0.325 e. The Morgan fingerprint density at radius 3 is 2.40 bits per heavy atom. The van der Waals surface area contributed by atoms with Crippen LogP contribution < -0.4 is 11.1 Å². The number of sulfonamides is 1.